The summed E-state index contributed by atoms with van der Waals surface area (Å²) in [6, 6.07) is 7.70. The van der Waals surface area contributed by atoms with Gasteiger partial charge in [0.15, 0.2) is 0 Å². The molecule has 2 atom stereocenters. The molecular weight excluding hydrogens is 288 g/mol. The average molecular weight is 307 g/mol. The Morgan fingerprint density at radius 2 is 2.29 bits per heavy atom. The van der Waals surface area contributed by atoms with Gasteiger partial charge in [-0.3, -0.25) is 0 Å². The van der Waals surface area contributed by atoms with Crippen molar-refractivity contribution in [3.05, 3.63) is 46.5 Å². The summed E-state index contributed by atoms with van der Waals surface area (Å²) in [6.45, 7) is 3.19. The second-order valence-electron chi connectivity index (χ2n) is 5.44. The van der Waals surface area contributed by atoms with Gasteiger partial charge in [-0.1, -0.05) is 29.8 Å². The SMILES string of the molecule is Cc1nc2n(n1)C[C@@H](NC[C@H](O)c1ccccc1Cl)CC2. The van der Waals surface area contributed by atoms with Crippen molar-refractivity contribution in [2.75, 3.05) is 6.54 Å². The third-order valence-electron chi connectivity index (χ3n) is 3.83. The summed E-state index contributed by atoms with van der Waals surface area (Å²) < 4.78 is 1.96. The largest absolute Gasteiger partial charge is 0.387 e. The van der Waals surface area contributed by atoms with Crippen LogP contribution in [0.3, 0.4) is 0 Å². The molecule has 2 aromatic rings. The van der Waals surface area contributed by atoms with Crippen molar-refractivity contribution in [2.24, 2.45) is 0 Å². The van der Waals surface area contributed by atoms with Gasteiger partial charge in [-0.05, 0) is 19.4 Å². The molecule has 1 aromatic heterocycles. The minimum atomic E-state index is -0.599. The summed E-state index contributed by atoms with van der Waals surface area (Å²) in [5, 5.41) is 18.6. The Hall–Kier alpha value is -1.43. The van der Waals surface area contributed by atoms with E-state index in [0.717, 1.165) is 36.6 Å². The standard InChI is InChI=1S/C15H19ClN4O/c1-10-18-15-7-6-11(9-20(15)19-10)17-8-14(21)12-4-2-3-5-13(12)16/h2-5,11,14,17,21H,6-9H2,1H3/t11-,14-/m0/s1. The van der Waals surface area contributed by atoms with E-state index in [1.165, 1.54) is 0 Å². The van der Waals surface area contributed by atoms with Gasteiger partial charge in [-0.15, -0.1) is 0 Å². The Morgan fingerprint density at radius 3 is 3.10 bits per heavy atom. The van der Waals surface area contributed by atoms with Crippen molar-refractivity contribution in [3.63, 3.8) is 0 Å². The van der Waals surface area contributed by atoms with Crippen LogP contribution in [0.4, 0.5) is 0 Å². The zero-order valence-corrected chi connectivity index (χ0v) is 12.7. The minimum Gasteiger partial charge on any atom is -0.387 e. The molecular formula is C15H19ClN4O. The average Bonchev–Trinajstić information content (AvgIpc) is 2.84. The molecule has 0 fully saturated rings. The highest BCUT2D eigenvalue weighted by molar-refractivity contribution is 6.31. The first-order valence-electron chi connectivity index (χ1n) is 7.19. The van der Waals surface area contributed by atoms with Crippen LogP contribution in [0.25, 0.3) is 0 Å². The highest BCUT2D eigenvalue weighted by Crippen LogP contribution is 2.22. The highest BCUT2D eigenvalue weighted by Gasteiger charge is 2.21. The molecule has 1 aliphatic heterocycles. The monoisotopic (exact) mass is 306 g/mol. The molecule has 0 aliphatic carbocycles. The maximum absolute atomic E-state index is 10.2. The number of hydrogen-bond donors (Lipinski definition) is 2. The molecule has 112 valence electrons. The Morgan fingerprint density at radius 1 is 1.48 bits per heavy atom. The molecule has 21 heavy (non-hydrogen) atoms. The van der Waals surface area contributed by atoms with E-state index >= 15 is 0 Å². The topological polar surface area (TPSA) is 63.0 Å². The van der Waals surface area contributed by atoms with Crippen LogP contribution in [0, 0.1) is 6.92 Å². The Bertz CT molecular complexity index is 628. The fourth-order valence-electron chi connectivity index (χ4n) is 2.73. The molecule has 0 unspecified atom stereocenters. The lowest BCUT2D eigenvalue weighted by Crippen LogP contribution is -2.39. The summed E-state index contributed by atoms with van der Waals surface area (Å²) in [5.74, 6) is 1.87. The first-order valence-corrected chi connectivity index (χ1v) is 7.57. The summed E-state index contributed by atoms with van der Waals surface area (Å²) >= 11 is 6.10. The predicted molar refractivity (Wildman–Crippen MR) is 81.3 cm³/mol. The van der Waals surface area contributed by atoms with Gasteiger partial charge in [0.2, 0.25) is 0 Å². The number of nitrogens with one attached hydrogen (secondary N) is 1. The van der Waals surface area contributed by atoms with Gasteiger partial charge in [0.05, 0.1) is 12.6 Å². The highest BCUT2D eigenvalue weighted by atomic mass is 35.5. The van der Waals surface area contributed by atoms with E-state index in [4.69, 9.17) is 11.6 Å². The van der Waals surface area contributed by atoms with Crippen LogP contribution in [-0.2, 0) is 13.0 Å². The zero-order chi connectivity index (χ0) is 14.8. The molecule has 1 aliphatic rings. The lowest BCUT2D eigenvalue weighted by Gasteiger charge is -2.25. The normalized spacial score (nSPS) is 19.3. The van der Waals surface area contributed by atoms with E-state index < -0.39 is 6.10 Å². The van der Waals surface area contributed by atoms with Gasteiger partial charge in [0.25, 0.3) is 0 Å². The van der Waals surface area contributed by atoms with Gasteiger partial charge in [-0.2, -0.15) is 5.10 Å². The van der Waals surface area contributed by atoms with Crippen molar-refractivity contribution in [2.45, 2.75) is 38.5 Å². The fourth-order valence-corrected chi connectivity index (χ4v) is 3.00. The van der Waals surface area contributed by atoms with E-state index in [-0.39, 0.29) is 0 Å². The molecule has 2 N–H and O–H groups in total. The molecule has 3 rings (SSSR count). The first-order chi connectivity index (χ1) is 10.1. The molecule has 6 heteroatoms. The summed E-state index contributed by atoms with van der Waals surface area (Å²) in [5.41, 5.74) is 0.764. The molecule has 1 aromatic carbocycles. The number of benzene rings is 1. The number of rotatable bonds is 4. The number of halogens is 1. The van der Waals surface area contributed by atoms with E-state index in [1.54, 1.807) is 6.07 Å². The van der Waals surface area contributed by atoms with Gasteiger partial charge in [0.1, 0.15) is 11.6 Å². The van der Waals surface area contributed by atoms with E-state index in [2.05, 4.69) is 15.4 Å². The number of aliphatic hydroxyl groups is 1. The number of fused-ring (bicyclic) bond motifs is 1. The summed E-state index contributed by atoms with van der Waals surface area (Å²) in [4.78, 5) is 4.40. The van der Waals surface area contributed by atoms with Gasteiger partial charge in [0, 0.05) is 29.6 Å². The zero-order valence-electron chi connectivity index (χ0n) is 12.0. The second kappa shape index (κ2) is 6.13. The maximum Gasteiger partial charge on any atom is 0.147 e. The third-order valence-corrected chi connectivity index (χ3v) is 4.17. The van der Waals surface area contributed by atoms with E-state index in [0.29, 0.717) is 17.6 Å². The van der Waals surface area contributed by atoms with Gasteiger partial charge in [-0.25, -0.2) is 9.67 Å². The van der Waals surface area contributed by atoms with Crippen LogP contribution in [0.2, 0.25) is 5.02 Å². The third kappa shape index (κ3) is 3.26. The van der Waals surface area contributed by atoms with Gasteiger partial charge >= 0.3 is 0 Å². The number of aryl methyl sites for hydroxylation is 2. The molecule has 0 spiro atoms. The van der Waals surface area contributed by atoms with Crippen LogP contribution < -0.4 is 5.32 Å². The van der Waals surface area contributed by atoms with Crippen molar-refractivity contribution in [3.8, 4) is 0 Å². The first kappa shape index (κ1) is 14.5. The van der Waals surface area contributed by atoms with Crippen LogP contribution in [0.5, 0.6) is 0 Å². The fraction of sp³-hybridized carbons (Fsp3) is 0.467. The van der Waals surface area contributed by atoms with Crippen molar-refractivity contribution < 1.29 is 5.11 Å². The van der Waals surface area contributed by atoms with Gasteiger partial charge < -0.3 is 10.4 Å². The Balaban J connectivity index is 1.58. The summed E-state index contributed by atoms with van der Waals surface area (Å²) in [7, 11) is 0. The van der Waals surface area contributed by atoms with E-state index in [9.17, 15) is 5.11 Å². The van der Waals surface area contributed by atoms with Crippen molar-refractivity contribution in [1.82, 2.24) is 20.1 Å². The summed E-state index contributed by atoms with van der Waals surface area (Å²) in [6.07, 6.45) is 1.33. The number of nitrogens with zero attached hydrogens (tertiary/aromatic N) is 3. The minimum absolute atomic E-state index is 0.302. The van der Waals surface area contributed by atoms with Crippen LogP contribution in [0.1, 0.15) is 29.7 Å². The van der Waals surface area contributed by atoms with Crippen LogP contribution in [0.15, 0.2) is 24.3 Å². The van der Waals surface area contributed by atoms with Crippen LogP contribution in [-0.4, -0.2) is 32.5 Å². The molecule has 0 radical (unpaired) electrons. The lowest BCUT2D eigenvalue weighted by molar-refractivity contribution is 0.165. The molecule has 0 saturated carbocycles. The quantitative estimate of drug-likeness (QED) is 0.905. The second-order valence-corrected chi connectivity index (χ2v) is 5.85. The van der Waals surface area contributed by atoms with Crippen molar-refractivity contribution >= 4 is 11.6 Å². The Labute approximate surface area is 129 Å². The predicted octanol–water partition coefficient (Wildman–Crippen LogP) is 1.88. The van der Waals surface area contributed by atoms with E-state index in [1.807, 2.05) is 29.8 Å². The molecule has 2 heterocycles. The number of aromatic nitrogens is 3. The van der Waals surface area contributed by atoms with Crippen molar-refractivity contribution in [1.29, 1.82) is 0 Å². The maximum atomic E-state index is 10.2. The van der Waals surface area contributed by atoms with Crippen LogP contribution >= 0.6 is 11.6 Å². The molecule has 5 nitrogen and oxygen atoms in total. The molecule has 0 bridgehead atoms. The smallest absolute Gasteiger partial charge is 0.147 e. The lowest BCUT2D eigenvalue weighted by atomic mass is 10.1. The number of hydrogen-bond acceptors (Lipinski definition) is 4. The number of aliphatic hydroxyl groups excluding tert-OH is 1. The molecule has 0 amide bonds. The Kier molecular flexibility index (Phi) is 4.24. The molecule has 0 saturated heterocycles.